The van der Waals surface area contributed by atoms with Gasteiger partial charge >= 0.3 is 0 Å². The Balaban J connectivity index is 1.87. The van der Waals surface area contributed by atoms with Gasteiger partial charge in [-0.25, -0.2) is 4.39 Å². The Labute approximate surface area is 152 Å². The second-order valence-corrected chi connectivity index (χ2v) is 6.03. The van der Waals surface area contributed by atoms with E-state index in [0.29, 0.717) is 18.1 Å². The molecule has 0 spiro atoms. The summed E-state index contributed by atoms with van der Waals surface area (Å²) in [7, 11) is 0. The molecule has 2 aromatic carbocycles. The summed E-state index contributed by atoms with van der Waals surface area (Å²) in [5.41, 5.74) is 1.78. The van der Waals surface area contributed by atoms with Crippen molar-refractivity contribution in [2.45, 2.75) is 19.4 Å². The van der Waals surface area contributed by atoms with Crippen LogP contribution in [0.3, 0.4) is 0 Å². The Morgan fingerprint density at radius 2 is 1.96 bits per heavy atom. The van der Waals surface area contributed by atoms with Crippen molar-refractivity contribution in [1.29, 1.82) is 0 Å². The molecule has 3 N–H and O–H groups in total. The highest BCUT2D eigenvalue weighted by Gasteiger charge is 2.07. The lowest BCUT2D eigenvalue weighted by molar-refractivity contribution is 0.187. The molecule has 0 radical (unpaired) electrons. The molecule has 0 aliphatic rings. The maximum atomic E-state index is 12.9. The number of halogens is 2. The molecule has 1 unspecified atom stereocenters. The molecule has 0 amide bonds. The maximum absolute atomic E-state index is 12.9. The molecule has 2 aromatic rings. The first-order valence-electron chi connectivity index (χ1n) is 8.28. The minimum absolute atomic E-state index is 0.193. The fourth-order valence-corrected chi connectivity index (χ4v) is 2.54. The standard InChI is InChI=1S/C19H23ClFN3O/c1-2-22-19(23-11-10-14-4-3-5-16(20)12-14)24-13-18(25)15-6-8-17(21)9-7-15/h3-9,12,18,25H,2,10-11,13H2,1H3,(H2,22,23,24). The van der Waals surface area contributed by atoms with E-state index in [1.54, 1.807) is 12.1 Å². The monoisotopic (exact) mass is 363 g/mol. The third-order valence-corrected chi connectivity index (χ3v) is 3.85. The first kappa shape index (κ1) is 19.2. The second-order valence-electron chi connectivity index (χ2n) is 5.59. The van der Waals surface area contributed by atoms with Gasteiger partial charge in [-0.05, 0) is 48.7 Å². The summed E-state index contributed by atoms with van der Waals surface area (Å²) in [6.45, 7) is 3.58. The fraction of sp³-hybridized carbons (Fsp3) is 0.316. The van der Waals surface area contributed by atoms with Gasteiger partial charge < -0.3 is 15.7 Å². The van der Waals surface area contributed by atoms with E-state index in [4.69, 9.17) is 11.6 Å². The Morgan fingerprint density at radius 3 is 2.64 bits per heavy atom. The molecule has 0 saturated heterocycles. The molecular weight excluding hydrogens is 341 g/mol. The second kappa shape index (κ2) is 10.0. The van der Waals surface area contributed by atoms with E-state index in [2.05, 4.69) is 15.6 Å². The van der Waals surface area contributed by atoms with Gasteiger partial charge in [0.2, 0.25) is 0 Å². The number of nitrogens with one attached hydrogen (secondary N) is 2. The zero-order valence-electron chi connectivity index (χ0n) is 14.2. The molecule has 0 aliphatic carbocycles. The van der Waals surface area contributed by atoms with Crippen molar-refractivity contribution in [3.05, 3.63) is 70.5 Å². The SMILES string of the molecule is CCNC(=NCC(O)c1ccc(F)cc1)NCCc1cccc(Cl)c1. The lowest BCUT2D eigenvalue weighted by Crippen LogP contribution is -2.38. The van der Waals surface area contributed by atoms with E-state index in [0.717, 1.165) is 23.6 Å². The maximum Gasteiger partial charge on any atom is 0.191 e. The summed E-state index contributed by atoms with van der Waals surface area (Å²) in [4.78, 5) is 4.39. The van der Waals surface area contributed by atoms with Crippen LogP contribution in [0.25, 0.3) is 0 Å². The van der Waals surface area contributed by atoms with Gasteiger partial charge in [-0.1, -0.05) is 35.9 Å². The minimum Gasteiger partial charge on any atom is -0.386 e. The van der Waals surface area contributed by atoms with Gasteiger partial charge in [0.05, 0.1) is 12.6 Å². The molecule has 0 aliphatic heterocycles. The van der Waals surface area contributed by atoms with Crippen molar-refractivity contribution in [2.75, 3.05) is 19.6 Å². The fourth-order valence-electron chi connectivity index (χ4n) is 2.33. The van der Waals surface area contributed by atoms with E-state index in [1.165, 1.54) is 12.1 Å². The minimum atomic E-state index is -0.774. The van der Waals surface area contributed by atoms with Gasteiger partial charge in [-0.2, -0.15) is 0 Å². The van der Waals surface area contributed by atoms with Crippen molar-refractivity contribution >= 4 is 17.6 Å². The van der Waals surface area contributed by atoms with Crippen molar-refractivity contribution in [2.24, 2.45) is 4.99 Å². The van der Waals surface area contributed by atoms with Crippen LogP contribution >= 0.6 is 11.6 Å². The summed E-state index contributed by atoms with van der Waals surface area (Å²) >= 11 is 5.98. The summed E-state index contributed by atoms with van der Waals surface area (Å²) < 4.78 is 12.9. The molecule has 0 fully saturated rings. The smallest absolute Gasteiger partial charge is 0.191 e. The molecule has 0 bridgehead atoms. The first-order valence-corrected chi connectivity index (χ1v) is 8.66. The molecule has 1 atom stereocenters. The third-order valence-electron chi connectivity index (χ3n) is 3.62. The number of hydrogen-bond donors (Lipinski definition) is 3. The number of guanidine groups is 1. The molecular formula is C19H23ClFN3O. The number of benzene rings is 2. The average Bonchev–Trinajstić information content (AvgIpc) is 2.60. The number of aliphatic imine (C=N–C) groups is 1. The van der Waals surface area contributed by atoms with Crippen LogP contribution in [0.2, 0.25) is 5.02 Å². The van der Waals surface area contributed by atoms with Gasteiger partial charge in [0, 0.05) is 18.1 Å². The molecule has 134 valence electrons. The quantitative estimate of drug-likeness (QED) is 0.522. The van der Waals surface area contributed by atoms with Crippen molar-refractivity contribution in [1.82, 2.24) is 10.6 Å². The van der Waals surface area contributed by atoms with Gasteiger partial charge in [-0.3, -0.25) is 4.99 Å². The summed E-state index contributed by atoms with van der Waals surface area (Å²) in [5.74, 6) is 0.307. The summed E-state index contributed by atoms with van der Waals surface area (Å²) in [6, 6.07) is 13.5. The number of nitrogens with zero attached hydrogens (tertiary/aromatic N) is 1. The van der Waals surface area contributed by atoms with Crippen LogP contribution < -0.4 is 10.6 Å². The summed E-state index contributed by atoms with van der Waals surface area (Å²) in [6.07, 6.45) is 0.0369. The van der Waals surface area contributed by atoms with E-state index in [-0.39, 0.29) is 12.4 Å². The highest BCUT2D eigenvalue weighted by Crippen LogP contribution is 2.13. The molecule has 6 heteroatoms. The normalized spacial score (nSPS) is 12.7. The molecule has 0 aromatic heterocycles. The Morgan fingerprint density at radius 1 is 1.20 bits per heavy atom. The van der Waals surface area contributed by atoms with Crippen LogP contribution in [0.1, 0.15) is 24.2 Å². The Kier molecular flexibility index (Phi) is 7.70. The zero-order chi connectivity index (χ0) is 18.1. The molecule has 0 heterocycles. The number of hydrogen-bond acceptors (Lipinski definition) is 2. The van der Waals surface area contributed by atoms with E-state index in [1.807, 2.05) is 31.2 Å². The molecule has 25 heavy (non-hydrogen) atoms. The lowest BCUT2D eigenvalue weighted by Gasteiger charge is -2.13. The van der Waals surface area contributed by atoms with Crippen molar-refractivity contribution in [3.8, 4) is 0 Å². The van der Waals surface area contributed by atoms with Gasteiger partial charge in [0.25, 0.3) is 0 Å². The van der Waals surface area contributed by atoms with Gasteiger partial charge in [0.15, 0.2) is 5.96 Å². The highest BCUT2D eigenvalue weighted by molar-refractivity contribution is 6.30. The number of rotatable bonds is 7. The Hall–Kier alpha value is -2.11. The predicted molar refractivity (Wildman–Crippen MR) is 100 cm³/mol. The van der Waals surface area contributed by atoms with Crippen LogP contribution in [-0.4, -0.2) is 30.7 Å². The van der Waals surface area contributed by atoms with Gasteiger partial charge in [0.1, 0.15) is 5.82 Å². The third kappa shape index (κ3) is 6.72. The largest absolute Gasteiger partial charge is 0.386 e. The molecule has 0 saturated carbocycles. The van der Waals surface area contributed by atoms with Crippen molar-refractivity contribution in [3.63, 3.8) is 0 Å². The number of aliphatic hydroxyl groups excluding tert-OH is 1. The average molecular weight is 364 g/mol. The lowest BCUT2D eigenvalue weighted by atomic mass is 10.1. The molecule has 2 rings (SSSR count). The topological polar surface area (TPSA) is 56.7 Å². The summed E-state index contributed by atoms with van der Waals surface area (Å²) in [5, 5.41) is 17.3. The van der Waals surface area contributed by atoms with Crippen molar-refractivity contribution < 1.29 is 9.50 Å². The van der Waals surface area contributed by atoms with Gasteiger partial charge in [-0.15, -0.1) is 0 Å². The Bertz CT molecular complexity index is 691. The van der Waals surface area contributed by atoms with Crippen LogP contribution in [0.5, 0.6) is 0 Å². The molecule has 4 nitrogen and oxygen atoms in total. The van der Waals surface area contributed by atoms with Crippen LogP contribution in [0.15, 0.2) is 53.5 Å². The number of aliphatic hydroxyl groups is 1. The highest BCUT2D eigenvalue weighted by atomic mass is 35.5. The van der Waals surface area contributed by atoms with E-state index >= 15 is 0 Å². The zero-order valence-corrected chi connectivity index (χ0v) is 14.9. The van der Waals surface area contributed by atoms with Crippen LogP contribution in [-0.2, 0) is 6.42 Å². The van der Waals surface area contributed by atoms with E-state index in [9.17, 15) is 9.50 Å². The van der Waals surface area contributed by atoms with Crippen LogP contribution in [0, 0.1) is 5.82 Å². The first-order chi connectivity index (χ1) is 12.1. The predicted octanol–water partition coefficient (Wildman–Crippen LogP) is 3.31. The van der Waals surface area contributed by atoms with Crippen LogP contribution in [0.4, 0.5) is 4.39 Å². The van der Waals surface area contributed by atoms with E-state index < -0.39 is 6.10 Å².